The molecule has 0 bridgehead atoms. The van der Waals surface area contributed by atoms with Gasteiger partial charge in [-0.05, 0) is 44.4 Å². The summed E-state index contributed by atoms with van der Waals surface area (Å²) in [7, 11) is 0. The highest BCUT2D eigenvalue weighted by atomic mass is 19.4. The lowest BCUT2D eigenvalue weighted by atomic mass is 9.91. The van der Waals surface area contributed by atoms with Gasteiger partial charge in [-0.1, -0.05) is 18.6 Å². The molecule has 2 fully saturated rings. The first kappa shape index (κ1) is 20.4. The lowest BCUT2D eigenvalue weighted by Crippen LogP contribution is -2.46. The van der Waals surface area contributed by atoms with Gasteiger partial charge in [0.1, 0.15) is 17.5 Å². The molecule has 2 aromatic rings. The van der Waals surface area contributed by atoms with E-state index in [2.05, 4.69) is 9.88 Å². The van der Waals surface area contributed by atoms with E-state index in [9.17, 15) is 26.3 Å². The second-order valence-corrected chi connectivity index (χ2v) is 8.04. The van der Waals surface area contributed by atoms with Crippen molar-refractivity contribution in [2.75, 3.05) is 6.54 Å². The molecular formula is C20H20F6N2O. The number of rotatable bonds is 1. The number of halogens is 6. The molecule has 158 valence electrons. The van der Waals surface area contributed by atoms with Crippen LogP contribution in [-0.2, 0) is 17.1 Å². The Balaban J connectivity index is 1.97. The van der Waals surface area contributed by atoms with E-state index in [4.69, 9.17) is 4.74 Å². The molecule has 4 rings (SSSR count). The second kappa shape index (κ2) is 6.57. The van der Waals surface area contributed by atoms with Gasteiger partial charge in [0.15, 0.2) is 0 Å². The molecule has 0 aliphatic carbocycles. The van der Waals surface area contributed by atoms with E-state index in [-0.39, 0.29) is 17.0 Å². The van der Waals surface area contributed by atoms with Crippen molar-refractivity contribution in [3.05, 3.63) is 41.1 Å². The minimum Gasteiger partial charge on any atom is -0.351 e. The Morgan fingerprint density at radius 2 is 1.79 bits per heavy atom. The first-order chi connectivity index (χ1) is 13.4. The summed E-state index contributed by atoms with van der Waals surface area (Å²) in [5.74, 6) is 0. The topological polar surface area (TPSA) is 25.4 Å². The van der Waals surface area contributed by atoms with E-state index in [1.54, 1.807) is 0 Å². The molecule has 3 nitrogen and oxygen atoms in total. The maximum Gasteiger partial charge on any atom is 0.433 e. The second-order valence-electron chi connectivity index (χ2n) is 8.04. The van der Waals surface area contributed by atoms with Crippen molar-refractivity contribution < 1.29 is 31.1 Å². The standard InChI is InChI=1S/C20H20F6N2O/c1-18(2)28-9-4-3-8-14(28)17(29-18)12-10-15(20(24,25)26)27-16-11(12)6-5-7-13(16)19(21,22)23/h5-7,10,14,17H,3-4,8-9H2,1-2H3/t14-,17+/m1/s1. The molecule has 0 saturated carbocycles. The average Bonchev–Trinajstić information content (AvgIpc) is 2.90. The summed E-state index contributed by atoms with van der Waals surface area (Å²) < 4.78 is 87.1. The van der Waals surface area contributed by atoms with E-state index < -0.39 is 41.0 Å². The van der Waals surface area contributed by atoms with Crippen LogP contribution in [0.5, 0.6) is 0 Å². The Bertz CT molecular complexity index is 937. The van der Waals surface area contributed by atoms with Gasteiger partial charge in [0.25, 0.3) is 0 Å². The Kier molecular flexibility index (Phi) is 4.62. The molecule has 0 radical (unpaired) electrons. The quantitative estimate of drug-likeness (QED) is 0.537. The van der Waals surface area contributed by atoms with E-state index >= 15 is 0 Å². The van der Waals surface area contributed by atoms with Gasteiger partial charge in [-0.3, -0.25) is 4.90 Å². The van der Waals surface area contributed by atoms with Gasteiger partial charge in [0.05, 0.1) is 11.1 Å². The number of benzene rings is 1. The third-order valence-corrected chi connectivity index (χ3v) is 5.78. The van der Waals surface area contributed by atoms with Crippen molar-refractivity contribution in [1.29, 1.82) is 0 Å². The SMILES string of the molecule is CC1(C)O[C@@H](c2cc(C(F)(F)F)nc3c(C(F)(F)F)cccc23)[C@H]2CCCCN21. The number of nitrogens with zero attached hydrogens (tertiary/aromatic N) is 2. The van der Waals surface area contributed by atoms with E-state index in [1.807, 2.05) is 13.8 Å². The predicted molar refractivity (Wildman–Crippen MR) is 94.0 cm³/mol. The Morgan fingerprint density at radius 3 is 2.45 bits per heavy atom. The van der Waals surface area contributed by atoms with Crippen LogP contribution in [0.15, 0.2) is 24.3 Å². The Hall–Kier alpha value is -1.87. The molecule has 2 aliphatic rings. The van der Waals surface area contributed by atoms with Crippen molar-refractivity contribution in [2.45, 2.75) is 63.3 Å². The molecule has 1 aromatic heterocycles. The van der Waals surface area contributed by atoms with Crippen LogP contribution in [0.4, 0.5) is 26.3 Å². The number of hydrogen-bond donors (Lipinski definition) is 0. The molecular weight excluding hydrogens is 398 g/mol. The highest BCUT2D eigenvalue weighted by Gasteiger charge is 2.49. The molecule has 9 heteroatoms. The fourth-order valence-electron chi connectivity index (χ4n) is 4.55. The summed E-state index contributed by atoms with van der Waals surface area (Å²) in [5, 5.41) is 0.0426. The zero-order valence-electron chi connectivity index (χ0n) is 15.9. The van der Waals surface area contributed by atoms with E-state index in [1.165, 1.54) is 12.1 Å². The average molecular weight is 418 g/mol. The lowest BCUT2D eigenvalue weighted by molar-refractivity contribution is -0.142. The zero-order chi connectivity index (χ0) is 21.2. The summed E-state index contributed by atoms with van der Waals surface area (Å²) in [6, 6.07) is 3.99. The number of piperidine rings is 1. The number of para-hydroxylation sites is 1. The Morgan fingerprint density at radius 1 is 1.07 bits per heavy atom. The zero-order valence-corrected chi connectivity index (χ0v) is 15.9. The molecule has 2 saturated heterocycles. The third-order valence-electron chi connectivity index (χ3n) is 5.78. The fourth-order valence-corrected chi connectivity index (χ4v) is 4.55. The monoisotopic (exact) mass is 418 g/mol. The third kappa shape index (κ3) is 3.48. The summed E-state index contributed by atoms with van der Waals surface area (Å²) in [6.07, 6.45) is -7.92. The van der Waals surface area contributed by atoms with Crippen molar-refractivity contribution in [3.63, 3.8) is 0 Å². The lowest BCUT2D eigenvalue weighted by Gasteiger charge is -2.36. The van der Waals surface area contributed by atoms with Gasteiger partial charge >= 0.3 is 12.4 Å². The first-order valence-electron chi connectivity index (χ1n) is 9.42. The van der Waals surface area contributed by atoms with Crippen molar-refractivity contribution in [1.82, 2.24) is 9.88 Å². The van der Waals surface area contributed by atoms with Crippen LogP contribution in [0.1, 0.15) is 56.0 Å². The minimum absolute atomic E-state index is 0.0426. The largest absolute Gasteiger partial charge is 0.433 e. The van der Waals surface area contributed by atoms with Gasteiger partial charge in [0, 0.05) is 18.0 Å². The van der Waals surface area contributed by atoms with Crippen LogP contribution in [0.2, 0.25) is 0 Å². The normalized spacial score (nSPS) is 25.4. The van der Waals surface area contributed by atoms with Gasteiger partial charge < -0.3 is 4.74 Å². The van der Waals surface area contributed by atoms with E-state index in [0.717, 1.165) is 31.5 Å². The smallest absolute Gasteiger partial charge is 0.351 e. The maximum absolute atomic E-state index is 13.5. The molecule has 1 aromatic carbocycles. The van der Waals surface area contributed by atoms with Gasteiger partial charge in [-0.15, -0.1) is 0 Å². The molecule has 0 spiro atoms. The molecule has 0 N–H and O–H groups in total. The van der Waals surface area contributed by atoms with Crippen molar-refractivity contribution >= 4 is 10.9 Å². The molecule has 3 heterocycles. The van der Waals surface area contributed by atoms with E-state index in [0.29, 0.717) is 6.42 Å². The van der Waals surface area contributed by atoms with Gasteiger partial charge in [-0.2, -0.15) is 26.3 Å². The van der Waals surface area contributed by atoms with Crippen LogP contribution in [-0.4, -0.2) is 28.2 Å². The first-order valence-corrected chi connectivity index (χ1v) is 9.42. The number of hydrogen-bond acceptors (Lipinski definition) is 3. The number of ether oxygens (including phenoxy) is 1. The molecule has 2 aliphatic heterocycles. The van der Waals surface area contributed by atoms with Gasteiger partial charge in [0.2, 0.25) is 0 Å². The highest BCUT2D eigenvalue weighted by molar-refractivity contribution is 5.86. The molecule has 2 atom stereocenters. The number of pyridine rings is 1. The van der Waals surface area contributed by atoms with Crippen LogP contribution >= 0.6 is 0 Å². The Labute approximate surface area is 163 Å². The summed E-state index contributed by atoms with van der Waals surface area (Å²) >= 11 is 0. The molecule has 0 amide bonds. The maximum atomic E-state index is 13.5. The number of aromatic nitrogens is 1. The van der Waals surface area contributed by atoms with Crippen LogP contribution < -0.4 is 0 Å². The molecule has 29 heavy (non-hydrogen) atoms. The van der Waals surface area contributed by atoms with Crippen LogP contribution in [0, 0.1) is 0 Å². The number of fused-ring (bicyclic) bond motifs is 2. The summed E-state index contributed by atoms with van der Waals surface area (Å²) in [5.41, 5.74) is -3.82. The van der Waals surface area contributed by atoms with Crippen LogP contribution in [0.3, 0.4) is 0 Å². The minimum atomic E-state index is -4.87. The summed E-state index contributed by atoms with van der Waals surface area (Å²) in [4.78, 5) is 5.46. The van der Waals surface area contributed by atoms with Crippen molar-refractivity contribution in [2.24, 2.45) is 0 Å². The van der Waals surface area contributed by atoms with Crippen LogP contribution in [0.25, 0.3) is 10.9 Å². The fraction of sp³-hybridized carbons (Fsp3) is 0.550. The predicted octanol–water partition coefficient (Wildman–Crippen LogP) is 5.93. The highest BCUT2D eigenvalue weighted by Crippen LogP contribution is 2.48. The summed E-state index contributed by atoms with van der Waals surface area (Å²) in [6.45, 7) is 4.40. The van der Waals surface area contributed by atoms with Gasteiger partial charge in [-0.25, -0.2) is 4.98 Å². The molecule has 0 unspecified atom stereocenters. The number of alkyl halides is 6. The van der Waals surface area contributed by atoms with Crippen molar-refractivity contribution in [3.8, 4) is 0 Å².